The van der Waals surface area contributed by atoms with E-state index in [2.05, 4.69) is 15.9 Å². The van der Waals surface area contributed by atoms with E-state index < -0.39 is 17.7 Å². The number of fused-ring (bicyclic) bond motifs is 1. The Kier molecular flexibility index (Phi) is 3.78. The molecular weight excluding hydrogens is 342 g/mol. The van der Waals surface area contributed by atoms with Gasteiger partial charge in [-0.15, -0.1) is 0 Å². The summed E-state index contributed by atoms with van der Waals surface area (Å²) in [6, 6.07) is 10.9. The minimum Gasteiger partial charge on any atom is -0.457 e. The molecule has 0 radical (unpaired) electrons. The third-order valence-corrected chi connectivity index (χ3v) is 3.88. The molecule has 1 heterocycles. The molecule has 5 heteroatoms. The van der Waals surface area contributed by atoms with Crippen LogP contribution in [-0.2, 0) is 6.42 Å². The molecule has 0 aliphatic rings. The average Bonchev–Trinajstić information content (AvgIpc) is 2.89. The summed E-state index contributed by atoms with van der Waals surface area (Å²) in [5, 5.41) is 11.1. The molecule has 0 amide bonds. The largest absolute Gasteiger partial charge is 0.457 e. The Hall–Kier alpha value is -1.72. The van der Waals surface area contributed by atoms with E-state index in [1.807, 2.05) is 18.2 Å². The van der Waals surface area contributed by atoms with Gasteiger partial charge in [-0.25, -0.2) is 8.78 Å². The van der Waals surface area contributed by atoms with Gasteiger partial charge in [-0.05, 0) is 45.8 Å². The molecule has 0 saturated carbocycles. The zero-order valence-electron chi connectivity index (χ0n) is 10.8. The minimum absolute atomic E-state index is 0.147. The van der Waals surface area contributed by atoms with E-state index in [0.29, 0.717) is 16.9 Å². The third-order valence-electron chi connectivity index (χ3n) is 3.26. The molecule has 0 saturated heterocycles. The first-order chi connectivity index (χ1) is 10.0. The Morgan fingerprint density at radius 1 is 1.10 bits per heavy atom. The fraction of sp³-hybridized carbons (Fsp3) is 0.125. The van der Waals surface area contributed by atoms with Crippen LogP contribution in [0.15, 0.2) is 51.4 Å². The quantitative estimate of drug-likeness (QED) is 0.737. The fourth-order valence-corrected chi connectivity index (χ4v) is 2.66. The molecule has 1 unspecified atom stereocenters. The van der Waals surface area contributed by atoms with Crippen molar-refractivity contribution in [1.82, 2.24) is 0 Å². The molecule has 1 aromatic heterocycles. The molecule has 0 aliphatic heterocycles. The molecule has 3 rings (SSSR count). The van der Waals surface area contributed by atoms with Gasteiger partial charge in [0.2, 0.25) is 0 Å². The molecule has 1 N–H and O–H groups in total. The highest BCUT2D eigenvalue weighted by Gasteiger charge is 2.16. The fourth-order valence-electron chi connectivity index (χ4n) is 2.20. The van der Waals surface area contributed by atoms with Crippen LogP contribution in [0, 0.1) is 11.6 Å². The summed E-state index contributed by atoms with van der Waals surface area (Å²) in [5.41, 5.74) is 1.15. The van der Waals surface area contributed by atoms with Crippen LogP contribution >= 0.6 is 15.9 Å². The van der Waals surface area contributed by atoms with Gasteiger partial charge >= 0.3 is 0 Å². The van der Waals surface area contributed by atoms with Crippen LogP contribution in [0.1, 0.15) is 17.4 Å². The Morgan fingerprint density at radius 3 is 2.62 bits per heavy atom. The van der Waals surface area contributed by atoms with Crippen molar-refractivity contribution in [3.05, 3.63) is 69.9 Å². The highest BCUT2D eigenvalue weighted by Crippen LogP contribution is 2.30. The van der Waals surface area contributed by atoms with Gasteiger partial charge in [0.05, 0.1) is 4.47 Å². The van der Waals surface area contributed by atoms with E-state index >= 15 is 0 Å². The first kappa shape index (κ1) is 14.2. The van der Waals surface area contributed by atoms with Crippen molar-refractivity contribution in [2.45, 2.75) is 12.5 Å². The number of hydrogen-bond donors (Lipinski definition) is 1. The number of rotatable bonds is 3. The average molecular weight is 353 g/mol. The zero-order chi connectivity index (χ0) is 15.0. The van der Waals surface area contributed by atoms with E-state index in [-0.39, 0.29) is 6.42 Å². The molecular formula is C16H11BrF2O2. The topological polar surface area (TPSA) is 33.4 Å². The number of benzene rings is 2. The van der Waals surface area contributed by atoms with Crippen LogP contribution in [0.3, 0.4) is 0 Å². The van der Waals surface area contributed by atoms with Crippen LogP contribution in [0.4, 0.5) is 8.78 Å². The molecule has 0 aliphatic carbocycles. The molecule has 0 fully saturated rings. The summed E-state index contributed by atoms with van der Waals surface area (Å²) in [5.74, 6) is -1.44. The van der Waals surface area contributed by atoms with Crippen molar-refractivity contribution >= 4 is 26.9 Å². The summed E-state index contributed by atoms with van der Waals surface area (Å²) in [4.78, 5) is 0. The lowest BCUT2D eigenvalue weighted by Gasteiger charge is -2.08. The highest BCUT2D eigenvalue weighted by atomic mass is 79.9. The predicted molar refractivity (Wildman–Crippen MR) is 78.9 cm³/mol. The molecule has 2 aromatic carbocycles. The smallest absolute Gasteiger partial charge is 0.159 e. The molecule has 0 spiro atoms. The second-order valence-electron chi connectivity index (χ2n) is 4.78. The second-order valence-corrected chi connectivity index (χ2v) is 5.63. The summed E-state index contributed by atoms with van der Waals surface area (Å²) in [6.07, 6.45) is -0.775. The lowest BCUT2D eigenvalue weighted by atomic mass is 10.1. The maximum atomic E-state index is 13.2. The predicted octanol–water partition coefficient (Wildman–Crippen LogP) is 4.75. The van der Waals surface area contributed by atoms with E-state index in [1.165, 1.54) is 6.07 Å². The summed E-state index contributed by atoms with van der Waals surface area (Å²) < 4.78 is 32.5. The Labute approximate surface area is 128 Å². The molecule has 2 nitrogen and oxygen atoms in total. The van der Waals surface area contributed by atoms with Gasteiger partial charge in [0.1, 0.15) is 17.4 Å². The van der Waals surface area contributed by atoms with Crippen molar-refractivity contribution < 1.29 is 18.3 Å². The van der Waals surface area contributed by atoms with Gasteiger partial charge in [0, 0.05) is 11.8 Å². The Bertz CT molecular complexity index is 798. The lowest BCUT2D eigenvalue weighted by Crippen LogP contribution is -2.01. The number of aliphatic hydroxyl groups excluding tert-OH is 1. The molecule has 0 bridgehead atoms. The first-order valence-corrected chi connectivity index (χ1v) is 7.14. The van der Waals surface area contributed by atoms with Gasteiger partial charge in [-0.1, -0.05) is 18.2 Å². The molecule has 1 atom stereocenters. The third kappa shape index (κ3) is 2.84. The van der Waals surface area contributed by atoms with Crippen LogP contribution in [0.2, 0.25) is 0 Å². The van der Waals surface area contributed by atoms with Crippen molar-refractivity contribution in [1.29, 1.82) is 0 Å². The van der Waals surface area contributed by atoms with Crippen LogP contribution < -0.4 is 0 Å². The monoisotopic (exact) mass is 352 g/mol. The first-order valence-electron chi connectivity index (χ1n) is 6.34. The van der Waals surface area contributed by atoms with Crippen molar-refractivity contribution in [3.63, 3.8) is 0 Å². The van der Waals surface area contributed by atoms with Crippen molar-refractivity contribution in [3.8, 4) is 0 Å². The summed E-state index contributed by atoms with van der Waals surface area (Å²) in [7, 11) is 0. The van der Waals surface area contributed by atoms with Crippen LogP contribution in [0.5, 0.6) is 0 Å². The summed E-state index contributed by atoms with van der Waals surface area (Å²) in [6.45, 7) is 0. The maximum absolute atomic E-state index is 13.2. The second kappa shape index (κ2) is 5.58. The molecule has 21 heavy (non-hydrogen) atoms. The lowest BCUT2D eigenvalue weighted by molar-refractivity contribution is 0.152. The number of halogens is 3. The van der Waals surface area contributed by atoms with Crippen molar-refractivity contribution in [2.75, 3.05) is 0 Å². The van der Waals surface area contributed by atoms with Crippen LogP contribution in [0.25, 0.3) is 11.0 Å². The molecule has 108 valence electrons. The normalized spacial score (nSPS) is 12.8. The van der Waals surface area contributed by atoms with E-state index in [4.69, 9.17) is 4.42 Å². The minimum atomic E-state index is -0.924. The SMILES string of the molecule is OC(Cc1ccc(F)c(F)c1)c1cc2cccc(Br)c2o1. The number of hydrogen-bond acceptors (Lipinski definition) is 2. The highest BCUT2D eigenvalue weighted by molar-refractivity contribution is 9.10. The van der Waals surface area contributed by atoms with E-state index in [1.54, 1.807) is 6.07 Å². The summed E-state index contributed by atoms with van der Waals surface area (Å²) >= 11 is 3.38. The number of aliphatic hydroxyl groups is 1. The van der Waals surface area contributed by atoms with Crippen molar-refractivity contribution in [2.24, 2.45) is 0 Å². The molecule has 3 aromatic rings. The standard InChI is InChI=1S/C16H11BrF2O2/c17-11-3-1-2-10-8-15(21-16(10)11)14(20)7-9-4-5-12(18)13(19)6-9/h1-6,8,14,20H,7H2. The van der Waals surface area contributed by atoms with Crippen LogP contribution in [-0.4, -0.2) is 5.11 Å². The van der Waals surface area contributed by atoms with Gasteiger partial charge in [-0.3, -0.25) is 0 Å². The zero-order valence-corrected chi connectivity index (χ0v) is 12.4. The van der Waals surface area contributed by atoms with Gasteiger partial charge < -0.3 is 9.52 Å². The Morgan fingerprint density at radius 2 is 1.90 bits per heavy atom. The van der Waals surface area contributed by atoms with Gasteiger partial charge in [-0.2, -0.15) is 0 Å². The van der Waals surface area contributed by atoms with E-state index in [9.17, 15) is 13.9 Å². The van der Waals surface area contributed by atoms with Gasteiger partial charge in [0.25, 0.3) is 0 Å². The van der Waals surface area contributed by atoms with Gasteiger partial charge in [0.15, 0.2) is 11.6 Å². The Balaban J connectivity index is 1.87. The maximum Gasteiger partial charge on any atom is 0.159 e. The number of para-hydroxylation sites is 1. The number of furan rings is 1. The van der Waals surface area contributed by atoms with E-state index in [0.717, 1.165) is 22.0 Å².